The Morgan fingerprint density at radius 2 is 2.16 bits per heavy atom. The van der Waals surface area contributed by atoms with Crippen LogP contribution in [0.3, 0.4) is 0 Å². The van der Waals surface area contributed by atoms with Gasteiger partial charge in [0.2, 0.25) is 5.91 Å². The van der Waals surface area contributed by atoms with Gasteiger partial charge in [0.05, 0.1) is 12.1 Å². The molecule has 0 spiro atoms. The highest BCUT2D eigenvalue weighted by Gasteiger charge is 2.30. The van der Waals surface area contributed by atoms with Crippen LogP contribution < -0.4 is 20.7 Å². The number of nitriles is 1. The van der Waals surface area contributed by atoms with Crippen molar-refractivity contribution in [2.24, 2.45) is 5.92 Å². The molecule has 1 aliphatic rings. The number of amides is 1. The Morgan fingerprint density at radius 3 is 2.90 bits per heavy atom. The van der Waals surface area contributed by atoms with E-state index in [-0.39, 0.29) is 11.8 Å². The minimum atomic E-state index is -0.0269. The summed E-state index contributed by atoms with van der Waals surface area (Å²) in [6.45, 7) is 2.60. The number of rotatable bonds is 9. The second-order valence-electron chi connectivity index (χ2n) is 7.15. The Labute approximate surface area is 179 Å². The third-order valence-corrected chi connectivity index (χ3v) is 4.59. The lowest BCUT2D eigenvalue weighted by molar-refractivity contribution is -0.117. The summed E-state index contributed by atoms with van der Waals surface area (Å²) in [6.07, 6.45) is 3.44. The zero-order valence-electron chi connectivity index (χ0n) is 17.0. The number of nitrogens with zero attached hydrogens (tertiary/aromatic N) is 4. The van der Waals surface area contributed by atoms with Crippen LogP contribution in [0.4, 0.5) is 23.3 Å². The maximum atomic E-state index is 12.0. The molecular formula is C21H22N8O2. The average molecular weight is 418 g/mol. The molecule has 1 aliphatic carbocycles. The molecule has 0 radical (unpaired) electrons. The number of H-pyrrole nitrogens is 1. The standard InChI is InChI=1S/C21H22N8O2/c1-13-11-18(29-28-13)25-17-7-6-15(12-22)19(26-17)24-9-10-31-16-3-2-8-23-20(16)27-21(30)14-4-5-14/h2-3,6-8,11,14H,4-5,9-10H2,1H3,(H,23,27,30)(H3,24,25,26,28,29). The summed E-state index contributed by atoms with van der Waals surface area (Å²) >= 11 is 0. The summed E-state index contributed by atoms with van der Waals surface area (Å²) in [5.41, 5.74) is 1.34. The van der Waals surface area contributed by atoms with Crippen molar-refractivity contribution in [3.05, 3.63) is 47.8 Å². The van der Waals surface area contributed by atoms with Gasteiger partial charge in [0.15, 0.2) is 17.4 Å². The Morgan fingerprint density at radius 1 is 1.29 bits per heavy atom. The third kappa shape index (κ3) is 5.27. The first-order valence-electron chi connectivity index (χ1n) is 9.95. The van der Waals surface area contributed by atoms with E-state index in [1.807, 2.05) is 13.0 Å². The van der Waals surface area contributed by atoms with Gasteiger partial charge in [-0.2, -0.15) is 10.4 Å². The van der Waals surface area contributed by atoms with Crippen molar-refractivity contribution in [3.8, 4) is 11.8 Å². The number of carbonyl (C=O) groups is 1. The van der Waals surface area contributed by atoms with E-state index in [0.717, 1.165) is 18.5 Å². The van der Waals surface area contributed by atoms with E-state index >= 15 is 0 Å². The normalized spacial score (nSPS) is 12.6. The molecular weight excluding hydrogens is 396 g/mol. The number of carbonyl (C=O) groups excluding carboxylic acids is 1. The summed E-state index contributed by atoms with van der Waals surface area (Å²) in [6, 6.07) is 10.9. The molecule has 0 bridgehead atoms. The molecule has 3 heterocycles. The zero-order valence-corrected chi connectivity index (χ0v) is 17.0. The molecule has 3 aromatic rings. The van der Waals surface area contributed by atoms with Crippen molar-refractivity contribution in [1.82, 2.24) is 20.2 Å². The minimum absolute atomic E-state index is 0.0269. The lowest BCUT2D eigenvalue weighted by Crippen LogP contribution is -2.17. The average Bonchev–Trinajstić information content (AvgIpc) is 3.55. The van der Waals surface area contributed by atoms with E-state index in [1.165, 1.54) is 0 Å². The fourth-order valence-corrected chi connectivity index (χ4v) is 2.86. The minimum Gasteiger partial charge on any atom is -0.488 e. The molecule has 3 aromatic heterocycles. The van der Waals surface area contributed by atoms with Crippen LogP contribution in [0.15, 0.2) is 36.5 Å². The van der Waals surface area contributed by atoms with E-state index < -0.39 is 0 Å². The van der Waals surface area contributed by atoms with E-state index in [2.05, 4.69) is 42.2 Å². The lowest BCUT2D eigenvalue weighted by atomic mass is 10.2. The molecule has 0 aliphatic heterocycles. The second-order valence-corrected chi connectivity index (χ2v) is 7.15. The molecule has 0 saturated heterocycles. The van der Waals surface area contributed by atoms with Crippen LogP contribution in [0.1, 0.15) is 24.1 Å². The van der Waals surface area contributed by atoms with Gasteiger partial charge in [0.1, 0.15) is 24.3 Å². The number of hydrogen-bond acceptors (Lipinski definition) is 8. The van der Waals surface area contributed by atoms with Crippen LogP contribution in [0, 0.1) is 24.2 Å². The first-order valence-corrected chi connectivity index (χ1v) is 9.95. The predicted octanol–water partition coefficient (Wildman–Crippen LogP) is 2.96. The van der Waals surface area contributed by atoms with Crippen LogP contribution in [-0.2, 0) is 4.79 Å². The van der Waals surface area contributed by atoms with Gasteiger partial charge in [-0.15, -0.1) is 0 Å². The summed E-state index contributed by atoms with van der Waals surface area (Å²) < 4.78 is 5.78. The van der Waals surface area contributed by atoms with E-state index in [4.69, 9.17) is 4.74 Å². The SMILES string of the molecule is Cc1cc(Nc2ccc(C#N)c(NCCOc3cccnc3NC(=O)C3CC3)n2)n[nH]1. The van der Waals surface area contributed by atoms with Gasteiger partial charge >= 0.3 is 0 Å². The fourth-order valence-electron chi connectivity index (χ4n) is 2.86. The molecule has 4 N–H and O–H groups in total. The number of aryl methyl sites for hydroxylation is 1. The van der Waals surface area contributed by atoms with Crippen molar-refractivity contribution in [2.75, 3.05) is 29.1 Å². The Kier molecular flexibility index (Phi) is 5.93. The zero-order chi connectivity index (χ0) is 21.6. The molecule has 158 valence electrons. The number of anilines is 4. The fraction of sp³-hybridized carbons (Fsp3) is 0.286. The van der Waals surface area contributed by atoms with E-state index in [9.17, 15) is 10.1 Å². The molecule has 0 aromatic carbocycles. The third-order valence-electron chi connectivity index (χ3n) is 4.59. The number of aromatic nitrogens is 4. The Balaban J connectivity index is 1.34. The van der Waals surface area contributed by atoms with Crippen molar-refractivity contribution >= 4 is 29.2 Å². The first kappa shape index (κ1) is 20.2. The molecule has 0 unspecified atom stereocenters. The van der Waals surface area contributed by atoms with E-state index in [1.54, 1.807) is 30.5 Å². The maximum Gasteiger partial charge on any atom is 0.228 e. The van der Waals surface area contributed by atoms with Crippen LogP contribution in [-0.4, -0.2) is 39.2 Å². The smallest absolute Gasteiger partial charge is 0.228 e. The number of ether oxygens (including phenoxy) is 1. The van der Waals surface area contributed by atoms with Gasteiger partial charge in [-0.3, -0.25) is 9.89 Å². The second kappa shape index (κ2) is 9.13. The van der Waals surface area contributed by atoms with Crippen LogP contribution in [0.2, 0.25) is 0 Å². The first-order chi connectivity index (χ1) is 15.1. The van der Waals surface area contributed by atoms with Crippen molar-refractivity contribution in [2.45, 2.75) is 19.8 Å². The van der Waals surface area contributed by atoms with Gasteiger partial charge in [-0.1, -0.05) is 0 Å². The van der Waals surface area contributed by atoms with Crippen molar-refractivity contribution in [1.29, 1.82) is 5.26 Å². The molecule has 10 nitrogen and oxygen atoms in total. The van der Waals surface area contributed by atoms with Crippen LogP contribution in [0.5, 0.6) is 5.75 Å². The van der Waals surface area contributed by atoms with Gasteiger partial charge in [-0.05, 0) is 44.0 Å². The molecule has 1 amide bonds. The van der Waals surface area contributed by atoms with Gasteiger partial charge in [0.25, 0.3) is 0 Å². The van der Waals surface area contributed by atoms with Gasteiger partial charge in [0, 0.05) is 23.9 Å². The highest BCUT2D eigenvalue weighted by molar-refractivity contribution is 5.94. The Bertz CT molecular complexity index is 1120. The molecule has 1 fully saturated rings. The highest BCUT2D eigenvalue weighted by Crippen LogP contribution is 2.31. The molecule has 1 saturated carbocycles. The van der Waals surface area contributed by atoms with Crippen LogP contribution >= 0.6 is 0 Å². The maximum absolute atomic E-state index is 12.0. The highest BCUT2D eigenvalue weighted by atomic mass is 16.5. The monoisotopic (exact) mass is 418 g/mol. The summed E-state index contributed by atoms with van der Waals surface area (Å²) in [4.78, 5) is 20.7. The summed E-state index contributed by atoms with van der Waals surface area (Å²) in [5, 5.41) is 25.4. The largest absolute Gasteiger partial charge is 0.488 e. The van der Waals surface area contributed by atoms with Crippen molar-refractivity contribution in [3.63, 3.8) is 0 Å². The number of nitrogens with one attached hydrogen (secondary N) is 4. The number of hydrogen-bond donors (Lipinski definition) is 4. The molecule has 4 rings (SSSR count). The molecule has 31 heavy (non-hydrogen) atoms. The van der Waals surface area contributed by atoms with Gasteiger partial charge < -0.3 is 20.7 Å². The van der Waals surface area contributed by atoms with Crippen LogP contribution in [0.25, 0.3) is 0 Å². The quantitative estimate of drug-likeness (QED) is 0.389. The summed E-state index contributed by atoms with van der Waals surface area (Å²) in [7, 11) is 0. The number of aromatic amines is 1. The Hall–Kier alpha value is -4.13. The molecule has 10 heteroatoms. The summed E-state index contributed by atoms with van der Waals surface area (Å²) in [5.74, 6) is 2.61. The van der Waals surface area contributed by atoms with Gasteiger partial charge in [-0.25, -0.2) is 9.97 Å². The lowest BCUT2D eigenvalue weighted by Gasteiger charge is -2.13. The predicted molar refractivity (Wildman–Crippen MR) is 115 cm³/mol. The number of pyridine rings is 2. The van der Waals surface area contributed by atoms with E-state index in [0.29, 0.717) is 47.7 Å². The molecule has 0 atom stereocenters. The topological polar surface area (TPSA) is 141 Å². The van der Waals surface area contributed by atoms with Crippen molar-refractivity contribution < 1.29 is 9.53 Å².